The van der Waals surface area contributed by atoms with Gasteiger partial charge in [-0.1, -0.05) is 40.2 Å². The number of halogens is 1. The molecule has 1 amide bonds. The molecule has 2 aromatic carbocycles. The Labute approximate surface area is 168 Å². The lowest BCUT2D eigenvalue weighted by Gasteiger charge is -2.11. The zero-order valence-corrected chi connectivity index (χ0v) is 15.9. The van der Waals surface area contributed by atoms with E-state index in [4.69, 9.17) is 4.74 Å². The van der Waals surface area contributed by atoms with Gasteiger partial charge in [0.1, 0.15) is 12.0 Å². The van der Waals surface area contributed by atoms with Gasteiger partial charge in [0.15, 0.2) is 6.23 Å². The Hall–Kier alpha value is -3.46. The lowest BCUT2D eigenvalue weighted by Crippen LogP contribution is -2.15. The molecule has 3 aromatic rings. The van der Waals surface area contributed by atoms with Gasteiger partial charge < -0.3 is 15.4 Å². The minimum atomic E-state index is -0.590. The molecule has 8 nitrogen and oxygen atoms in total. The van der Waals surface area contributed by atoms with Gasteiger partial charge in [-0.25, -0.2) is 9.78 Å². The molecule has 1 fully saturated rings. The van der Waals surface area contributed by atoms with E-state index in [1.165, 1.54) is 6.33 Å². The van der Waals surface area contributed by atoms with Gasteiger partial charge in [-0.3, -0.25) is 9.89 Å². The average Bonchev–Trinajstić information content (AvgIpc) is 3.35. The van der Waals surface area contributed by atoms with Crippen LogP contribution >= 0.6 is 15.9 Å². The van der Waals surface area contributed by atoms with Crippen LogP contribution in [0.25, 0.3) is 6.08 Å². The van der Waals surface area contributed by atoms with Gasteiger partial charge in [-0.05, 0) is 35.9 Å². The Morgan fingerprint density at radius 1 is 1.14 bits per heavy atom. The molecule has 0 radical (unpaired) electrons. The van der Waals surface area contributed by atoms with Crippen molar-refractivity contribution in [3.8, 4) is 0 Å². The lowest BCUT2D eigenvalue weighted by molar-refractivity contribution is -0.139. The second-order valence-corrected chi connectivity index (χ2v) is 6.87. The fourth-order valence-corrected chi connectivity index (χ4v) is 2.89. The molecule has 1 saturated heterocycles. The molecule has 9 heteroatoms. The number of ether oxygens (including phenoxy) is 1. The lowest BCUT2D eigenvalue weighted by atomic mass is 10.1. The number of nitrogens with zero attached hydrogens (tertiary/aromatic N) is 2. The fraction of sp³-hybridized carbons (Fsp3) is 0.0526. The van der Waals surface area contributed by atoms with Crippen molar-refractivity contribution in [2.24, 2.45) is 0 Å². The highest BCUT2D eigenvalue weighted by Gasteiger charge is 2.29. The summed E-state index contributed by atoms with van der Waals surface area (Å²) in [5, 5.41) is 11.9. The molecule has 2 heterocycles. The second kappa shape index (κ2) is 7.65. The van der Waals surface area contributed by atoms with Gasteiger partial charge in [-0.15, -0.1) is 0 Å². The predicted molar refractivity (Wildman–Crippen MR) is 105 cm³/mol. The van der Waals surface area contributed by atoms with Crippen LogP contribution in [0.2, 0.25) is 0 Å². The van der Waals surface area contributed by atoms with Gasteiger partial charge >= 0.3 is 5.97 Å². The quantitative estimate of drug-likeness (QED) is 0.425. The van der Waals surface area contributed by atoms with Crippen LogP contribution in [0.5, 0.6) is 0 Å². The molecule has 1 aliphatic heterocycles. The SMILES string of the molecule is O=C1O[C@H](c2ccc(NC(=O)c3ncn[nH]3)cc2)N/C1=C\c1ccc(Br)cc1. The van der Waals surface area contributed by atoms with Gasteiger partial charge in [0, 0.05) is 15.7 Å². The summed E-state index contributed by atoms with van der Waals surface area (Å²) in [4.78, 5) is 27.9. The highest BCUT2D eigenvalue weighted by Crippen LogP contribution is 2.26. The van der Waals surface area contributed by atoms with Crippen LogP contribution in [-0.4, -0.2) is 27.1 Å². The Bertz CT molecular complexity index is 1030. The summed E-state index contributed by atoms with van der Waals surface area (Å²) in [6, 6.07) is 14.6. The third-order valence-corrected chi connectivity index (χ3v) is 4.54. The van der Waals surface area contributed by atoms with E-state index in [9.17, 15) is 9.59 Å². The molecule has 0 spiro atoms. The Morgan fingerprint density at radius 3 is 2.57 bits per heavy atom. The maximum atomic E-state index is 12.1. The Morgan fingerprint density at radius 2 is 1.89 bits per heavy atom. The van der Waals surface area contributed by atoms with Crippen LogP contribution in [0.3, 0.4) is 0 Å². The summed E-state index contributed by atoms with van der Waals surface area (Å²) in [5.41, 5.74) is 2.61. The molecule has 0 saturated carbocycles. The van der Waals surface area contributed by atoms with E-state index < -0.39 is 18.1 Å². The summed E-state index contributed by atoms with van der Waals surface area (Å²) in [7, 11) is 0. The number of rotatable bonds is 4. The van der Waals surface area contributed by atoms with E-state index in [1.807, 2.05) is 24.3 Å². The minimum Gasteiger partial charge on any atom is -0.433 e. The largest absolute Gasteiger partial charge is 0.433 e. The first kappa shape index (κ1) is 17.9. The molecule has 4 rings (SSSR count). The number of aromatic amines is 1. The van der Waals surface area contributed by atoms with Gasteiger partial charge in [0.2, 0.25) is 5.82 Å². The summed E-state index contributed by atoms with van der Waals surface area (Å²) in [6.07, 6.45) is 2.41. The zero-order chi connectivity index (χ0) is 19.5. The number of esters is 1. The summed E-state index contributed by atoms with van der Waals surface area (Å²) in [6.45, 7) is 0. The number of benzene rings is 2. The third kappa shape index (κ3) is 3.94. The second-order valence-electron chi connectivity index (χ2n) is 5.95. The number of H-pyrrole nitrogens is 1. The van der Waals surface area contributed by atoms with E-state index in [2.05, 4.69) is 41.7 Å². The number of nitrogens with one attached hydrogen (secondary N) is 3. The van der Waals surface area contributed by atoms with Gasteiger partial charge in [-0.2, -0.15) is 5.10 Å². The van der Waals surface area contributed by atoms with Crippen molar-refractivity contribution in [1.82, 2.24) is 20.5 Å². The number of aromatic nitrogens is 3. The number of hydrogen-bond donors (Lipinski definition) is 3. The maximum Gasteiger partial charge on any atom is 0.356 e. The zero-order valence-electron chi connectivity index (χ0n) is 14.3. The maximum absolute atomic E-state index is 12.1. The van der Waals surface area contributed by atoms with Crippen LogP contribution in [0.15, 0.2) is 65.0 Å². The number of cyclic esters (lactones) is 1. The molecule has 1 aromatic heterocycles. The van der Waals surface area contributed by atoms with Crippen LogP contribution in [0.1, 0.15) is 28.0 Å². The van der Waals surface area contributed by atoms with Crippen molar-refractivity contribution in [3.63, 3.8) is 0 Å². The fourth-order valence-electron chi connectivity index (χ4n) is 2.62. The first-order chi connectivity index (χ1) is 13.6. The van der Waals surface area contributed by atoms with Crippen LogP contribution in [0, 0.1) is 0 Å². The molecule has 1 aliphatic rings. The molecule has 0 bridgehead atoms. The molecular formula is C19H14BrN5O3. The summed E-state index contributed by atoms with van der Waals surface area (Å²) < 4.78 is 6.36. The highest BCUT2D eigenvalue weighted by molar-refractivity contribution is 9.10. The van der Waals surface area contributed by atoms with Crippen molar-refractivity contribution in [3.05, 3.63) is 82.0 Å². The average molecular weight is 440 g/mol. The highest BCUT2D eigenvalue weighted by atomic mass is 79.9. The number of hydrogen-bond acceptors (Lipinski definition) is 6. The number of carbonyl (C=O) groups is 2. The normalized spacial score (nSPS) is 17.2. The van der Waals surface area contributed by atoms with Crippen LogP contribution in [-0.2, 0) is 9.53 Å². The molecular weight excluding hydrogens is 426 g/mol. The predicted octanol–water partition coefficient (Wildman–Crippen LogP) is 3.01. The Balaban J connectivity index is 1.44. The number of anilines is 1. The number of carbonyl (C=O) groups excluding carboxylic acids is 2. The van der Waals surface area contributed by atoms with Crippen molar-refractivity contribution < 1.29 is 14.3 Å². The number of amides is 1. The topological polar surface area (TPSA) is 109 Å². The van der Waals surface area contributed by atoms with E-state index in [0.717, 1.165) is 15.6 Å². The molecule has 3 N–H and O–H groups in total. The molecule has 28 heavy (non-hydrogen) atoms. The molecule has 140 valence electrons. The summed E-state index contributed by atoms with van der Waals surface area (Å²) in [5.74, 6) is -0.691. The smallest absolute Gasteiger partial charge is 0.356 e. The first-order valence-electron chi connectivity index (χ1n) is 8.30. The van der Waals surface area contributed by atoms with Gasteiger partial charge in [0.25, 0.3) is 5.91 Å². The van der Waals surface area contributed by atoms with E-state index in [-0.39, 0.29) is 5.82 Å². The van der Waals surface area contributed by atoms with Crippen LogP contribution in [0.4, 0.5) is 5.69 Å². The Kier molecular flexibility index (Phi) is 4.90. The molecule has 0 aliphatic carbocycles. The third-order valence-electron chi connectivity index (χ3n) is 4.01. The monoisotopic (exact) mass is 439 g/mol. The molecule has 1 atom stereocenters. The minimum absolute atomic E-state index is 0.123. The van der Waals surface area contributed by atoms with E-state index in [0.29, 0.717) is 11.4 Å². The van der Waals surface area contributed by atoms with Crippen molar-refractivity contribution in [1.29, 1.82) is 0 Å². The van der Waals surface area contributed by atoms with E-state index >= 15 is 0 Å². The van der Waals surface area contributed by atoms with Crippen molar-refractivity contribution in [2.75, 3.05) is 5.32 Å². The van der Waals surface area contributed by atoms with Crippen molar-refractivity contribution in [2.45, 2.75) is 6.23 Å². The van der Waals surface area contributed by atoms with Gasteiger partial charge in [0.05, 0.1) is 0 Å². The van der Waals surface area contributed by atoms with E-state index in [1.54, 1.807) is 30.3 Å². The molecule has 0 unspecified atom stereocenters. The standard InChI is InChI=1S/C19H14BrN5O3/c20-13-5-1-11(2-6-13)9-15-19(27)28-18(24-15)12-3-7-14(8-4-12)23-17(26)16-21-10-22-25-16/h1-10,18,24H,(H,23,26)(H,21,22,25)/b15-9-/t18-/m1/s1. The summed E-state index contributed by atoms with van der Waals surface area (Å²) >= 11 is 3.38. The van der Waals surface area contributed by atoms with Crippen molar-refractivity contribution >= 4 is 39.6 Å². The van der Waals surface area contributed by atoms with Crippen LogP contribution < -0.4 is 10.6 Å². The first-order valence-corrected chi connectivity index (χ1v) is 9.09.